The van der Waals surface area contributed by atoms with Gasteiger partial charge in [0.25, 0.3) is 5.56 Å². The Bertz CT molecular complexity index is 1660. The Morgan fingerprint density at radius 1 is 1.02 bits per heavy atom. The van der Waals surface area contributed by atoms with E-state index >= 15 is 0 Å². The van der Waals surface area contributed by atoms with Crippen LogP contribution in [0.1, 0.15) is 59.2 Å². The standard InChI is InChI=1S/C35H42N4O4/c1-7-8-24-15-25(9-10-26(24)22-40)23-11-13-39(14-12-23)21-31-32(42-5)16-27(17-33(31)43-6)30-20-38(4)35(41)29-19-36-34(37(2)3)18-28(29)30/h9-10,15-20,22-23H,7-8,11-14,21H2,1-6H3. The first-order valence-corrected chi connectivity index (χ1v) is 15.0. The van der Waals surface area contributed by atoms with Gasteiger partial charge in [0.2, 0.25) is 0 Å². The first-order valence-electron chi connectivity index (χ1n) is 15.0. The fourth-order valence-electron chi connectivity index (χ4n) is 6.25. The SMILES string of the molecule is CCCc1cc(C2CCN(Cc3c(OC)cc(-c4cn(C)c(=O)c5cnc(N(C)C)cc45)cc3OC)CC2)ccc1C=O. The molecule has 226 valence electrons. The minimum Gasteiger partial charge on any atom is -0.496 e. The van der Waals surface area contributed by atoms with E-state index in [0.29, 0.717) is 17.8 Å². The van der Waals surface area contributed by atoms with E-state index in [0.717, 1.165) is 95.6 Å². The number of pyridine rings is 2. The van der Waals surface area contributed by atoms with Crippen molar-refractivity contribution in [3.63, 3.8) is 0 Å². The maximum absolute atomic E-state index is 12.9. The first-order chi connectivity index (χ1) is 20.8. The second kappa shape index (κ2) is 13.0. The zero-order valence-electron chi connectivity index (χ0n) is 26.1. The van der Waals surface area contributed by atoms with Crippen LogP contribution in [-0.4, -0.2) is 62.1 Å². The van der Waals surface area contributed by atoms with E-state index in [9.17, 15) is 9.59 Å². The predicted octanol–water partition coefficient (Wildman–Crippen LogP) is 5.83. The topological polar surface area (TPSA) is 76.9 Å². The Kier molecular flexibility index (Phi) is 9.16. The van der Waals surface area contributed by atoms with Gasteiger partial charge in [0.05, 0.1) is 25.2 Å². The molecular weight excluding hydrogens is 540 g/mol. The molecule has 0 amide bonds. The molecule has 0 radical (unpaired) electrons. The van der Waals surface area contributed by atoms with Crippen LogP contribution in [0, 0.1) is 0 Å². The lowest BCUT2D eigenvalue weighted by atomic mass is 9.87. The third kappa shape index (κ3) is 6.15. The summed E-state index contributed by atoms with van der Waals surface area (Å²) in [7, 11) is 9.02. The quantitative estimate of drug-likeness (QED) is 0.218. The van der Waals surface area contributed by atoms with Crippen molar-refractivity contribution in [3.05, 3.63) is 81.4 Å². The smallest absolute Gasteiger partial charge is 0.259 e. The van der Waals surface area contributed by atoms with Gasteiger partial charge in [-0.05, 0) is 73.2 Å². The van der Waals surface area contributed by atoms with Crippen molar-refractivity contribution < 1.29 is 14.3 Å². The number of hydrogen-bond acceptors (Lipinski definition) is 7. The van der Waals surface area contributed by atoms with Gasteiger partial charge in [0.15, 0.2) is 0 Å². The van der Waals surface area contributed by atoms with E-state index in [1.807, 2.05) is 49.5 Å². The van der Waals surface area contributed by atoms with Crippen LogP contribution < -0.4 is 19.9 Å². The molecule has 0 N–H and O–H groups in total. The molecule has 0 spiro atoms. The van der Waals surface area contributed by atoms with E-state index in [-0.39, 0.29) is 5.56 Å². The zero-order valence-corrected chi connectivity index (χ0v) is 26.1. The number of fused-ring (bicyclic) bond motifs is 1. The number of likely N-dealkylation sites (tertiary alicyclic amines) is 1. The lowest BCUT2D eigenvalue weighted by molar-refractivity contribution is 0.112. The number of rotatable bonds is 10. The largest absolute Gasteiger partial charge is 0.496 e. The maximum Gasteiger partial charge on any atom is 0.259 e. The Morgan fingerprint density at radius 3 is 2.33 bits per heavy atom. The van der Waals surface area contributed by atoms with E-state index in [2.05, 4.69) is 28.9 Å². The van der Waals surface area contributed by atoms with E-state index < -0.39 is 0 Å². The maximum atomic E-state index is 12.9. The van der Waals surface area contributed by atoms with Gasteiger partial charge < -0.3 is 18.9 Å². The molecule has 4 aromatic rings. The monoisotopic (exact) mass is 582 g/mol. The Labute approximate surface area is 253 Å². The van der Waals surface area contributed by atoms with Crippen molar-refractivity contribution in [2.45, 2.75) is 45.1 Å². The summed E-state index contributed by atoms with van der Waals surface area (Å²) in [5.41, 5.74) is 6.06. The number of hydrogen-bond donors (Lipinski definition) is 0. The molecule has 2 aromatic heterocycles. The molecule has 0 atom stereocenters. The van der Waals surface area contributed by atoms with Crippen LogP contribution in [0.5, 0.6) is 11.5 Å². The number of anilines is 1. The van der Waals surface area contributed by atoms with Crippen LogP contribution in [0.2, 0.25) is 0 Å². The van der Waals surface area contributed by atoms with Gasteiger partial charge in [-0.15, -0.1) is 0 Å². The molecule has 0 saturated carbocycles. The minimum atomic E-state index is -0.0863. The number of methoxy groups -OCH3 is 2. The summed E-state index contributed by atoms with van der Waals surface area (Å²) in [6, 6.07) is 12.4. The van der Waals surface area contributed by atoms with Crippen LogP contribution >= 0.6 is 0 Å². The lowest BCUT2D eigenvalue weighted by Crippen LogP contribution is -2.32. The molecule has 5 rings (SSSR count). The fourth-order valence-corrected chi connectivity index (χ4v) is 6.25. The molecule has 1 aliphatic heterocycles. The molecule has 1 fully saturated rings. The lowest BCUT2D eigenvalue weighted by Gasteiger charge is -2.33. The van der Waals surface area contributed by atoms with Crippen LogP contribution in [0.25, 0.3) is 21.9 Å². The van der Waals surface area contributed by atoms with Gasteiger partial charge in [0.1, 0.15) is 23.6 Å². The highest BCUT2D eigenvalue weighted by Crippen LogP contribution is 2.39. The minimum absolute atomic E-state index is 0.0863. The molecule has 8 heteroatoms. The summed E-state index contributed by atoms with van der Waals surface area (Å²) in [4.78, 5) is 33.3. The molecule has 2 aromatic carbocycles. The van der Waals surface area contributed by atoms with E-state index in [4.69, 9.17) is 9.47 Å². The second-order valence-electron chi connectivity index (χ2n) is 11.7. The Hall–Kier alpha value is -4.17. The number of carbonyl (C=O) groups is 1. The van der Waals surface area contributed by atoms with Gasteiger partial charge in [0, 0.05) is 56.6 Å². The predicted molar refractivity (Wildman–Crippen MR) is 173 cm³/mol. The molecule has 3 heterocycles. The molecule has 0 unspecified atom stereocenters. The normalized spacial score (nSPS) is 14.2. The highest BCUT2D eigenvalue weighted by atomic mass is 16.5. The number of carbonyl (C=O) groups excluding carboxylic acids is 1. The third-order valence-corrected chi connectivity index (χ3v) is 8.68. The van der Waals surface area contributed by atoms with Crippen molar-refractivity contribution in [1.29, 1.82) is 0 Å². The van der Waals surface area contributed by atoms with Crippen molar-refractivity contribution in [1.82, 2.24) is 14.5 Å². The third-order valence-electron chi connectivity index (χ3n) is 8.68. The summed E-state index contributed by atoms with van der Waals surface area (Å²) in [6.07, 6.45) is 8.57. The Morgan fingerprint density at radius 2 is 1.72 bits per heavy atom. The van der Waals surface area contributed by atoms with E-state index in [1.54, 1.807) is 32.0 Å². The molecule has 1 aliphatic rings. The van der Waals surface area contributed by atoms with Crippen molar-refractivity contribution >= 4 is 22.9 Å². The number of aldehydes is 1. The number of nitrogens with zero attached hydrogens (tertiary/aromatic N) is 4. The van der Waals surface area contributed by atoms with E-state index in [1.165, 1.54) is 5.56 Å². The summed E-state index contributed by atoms with van der Waals surface area (Å²) in [5, 5.41) is 1.40. The van der Waals surface area contributed by atoms with Crippen molar-refractivity contribution in [2.75, 3.05) is 46.3 Å². The van der Waals surface area contributed by atoms with Crippen molar-refractivity contribution in [3.8, 4) is 22.6 Å². The van der Waals surface area contributed by atoms with Gasteiger partial charge in [-0.1, -0.05) is 31.5 Å². The number of piperidine rings is 1. The molecular formula is C35H42N4O4. The van der Waals surface area contributed by atoms with Gasteiger partial charge in [-0.25, -0.2) is 4.98 Å². The molecule has 8 nitrogen and oxygen atoms in total. The fraction of sp³-hybridized carbons (Fsp3) is 0.400. The van der Waals surface area contributed by atoms with Gasteiger partial charge in [-0.2, -0.15) is 0 Å². The average molecular weight is 583 g/mol. The van der Waals surface area contributed by atoms with Crippen LogP contribution in [0.4, 0.5) is 5.82 Å². The van der Waals surface area contributed by atoms with Crippen LogP contribution in [0.3, 0.4) is 0 Å². The highest BCUT2D eigenvalue weighted by molar-refractivity contribution is 5.97. The van der Waals surface area contributed by atoms with Crippen LogP contribution in [0.15, 0.2) is 53.6 Å². The number of aryl methyl sites for hydroxylation is 2. The number of benzene rings is 2. The summed E-state index contributed by atoms with van der Waals surface area (Å²) in [5.74, 6) is 2.78. The summed E-state index contributed by atoms with van der Waals surface area (Å²) in [6.45, 7) is 4.79. The number of aromatic nitrogens is 2. The summed E-state index contributed by atoms with van der Waals surface area (Å²) >= 11 is 0. The second-order valence-corrected chi connectivity index (χ2v) is 11.7. The Balaban J connectivity index is 1.42. The molecule has 0 bridgehead atoms. The van der Waals surface area contributed by atoms with Gasteiger partial charge >= 0.3 is 0 Å². The molecule has 43 heavy (non-hydrogen) atoms. The molecule has 1 saturated heterocycles. The first kappa shape index (κ1) is 30.3. The number of ether oxygens (including phenoxy) is 2. The van der Waals surface area contributed by atoms with Crippen LogP contribution in [-0.2, 0) is 20.0 Å². The van der Waals surface area contributed by atoms with Crippen molar-refractivity contribution in [2.24, 2.45) is 7.05 Å². The summed E-state index contributed by atoms with van der Waals surface area (Å²) < 4.78 is 13.5. The highest BCUT2D eigenvalue weighted by Gasteiger charge is 2.24. The average Bonchev–Trinajstić information content (AvgIpc) is 3.03. The zero-order chi connectivity index (χ0) is 30.7. The van der Waals surface area contributed by atoms with Gasteiger partial charge in [-0.3, -0.25) is 14.5 Å². The molecule has 0 aliphatic carbocycles.